The lowest BCUT2D eigenvalue weighted by Crippen LogP contribution is -2.45. The highest BCUT2D eigenvalue weighted by Crippen LogP contribution is 2.37. The molecule has 1 aromatic heterocycles. The Bertz CT molecular complexity index is 630. The number of pyridine rings is 1. The molecule has 0 aliphatic heterocycles. The van der Waals surface area contributed by atoms with Gasteiger partial charge >= 0.3 is 0 Å². The third kappa shape index (κ3) is 2.36. The summed E-state index contributed by atoms with van der Waals surface area (Å²) in [6.07, 6.45) is 5.14. The Balaban J connectivity index is 1.93. The van der Waals surface area contributed by atoms with Crippen molar-refractivity contribution in [2.45, 2.75) is 24.9 Å². The number of halogens is 1. The van der Waals surface area contributed by atoms with Crippen molar-refractivity contribution in [2.24, 2.45) is 0 Å². The molecule has 2 aromatic rings. The van der Waals surface area contributed by atoms with Crippen molar-refractivity contribution in [2.75, 3.05) is 24.7 Å². The van der Waals surface area contributed by atoms with Crippen LogP contribution in [0.4, 0.5) is 11.4 Å². The van der Waals surface area contributed by atoms with Crippen LogP contribution < -0.4 is 11.1 Å². The minimum absolute atomic E-state index is 0.0337. The molecule has 3 rings (SSSR count). The van der Waals surface area contributed by atoms with E-state index < -0.39 is 0 Å². The van der Waals surface area contributed by atoms with Gasteiger partial charge in [-0.25, -0.2) is 0 Å². The van der Waals surface area contributed by atoms with E-state index in [-0.39, 0.29) is 5.60 Å². The first kappa shape index (κ1) is 13.6. The van der Waals surface area contributed by atoms with E-state index in [1.165, 1.54) is 6.42 Å². The Hall–Kier alpha value is -1.33. The molecule has 4 nitrogen and oxygen atoms in total. The van der Waals surface area contributed by atoms with Crippen LogP contribution in [0, 0.1) is 0 Å². The van der Waals surface area contributed by atoms with E-state index in [0.29, 0.717) is 5.69 Å². The molecule has 0 saturated heterocycles. The largest absolute Gasteiger partial charge is 0.396 e. The van der Waals surface area contributed by atoms with Crippen LogP contribution in [0.5, 0.6) is 0 Å². The van der Waals surface area contributed by atoms with Gasteiger partial charge in [-0.15, -0.1) is 0 Å². The highest BCUT2D eigenvalue weighted by Gasteiger charge is 2.36. The molecule has 1 fully saturated rings. The normalized spacial score (nSPS) is 16.9. The van der Waals surface area contributed by atoms with Crippen molar-refractivity contribution in [1.82, 2.24) is 4.98 Å². The van der Waals surface area contributed by atoms with Crippen molar-refractivity contribution >= 4 is 38.2 Å². The lowest BCUT2D eigenvalue weighted by Gasteiger charge is -2.40. The van der Waals surface area contributed by atoms with E-state index in [9.17, 15) is 0 Å². The van der Waals surface area contributed by atoms with Gasteiger partial charge in [-0.1, -0.05) is 15.9 Å². The van der Waals surface area contributed by atoms with Gasteiger partial charge in [0.25, 0.3) is 0 Å². The Morgan fingerprint density at radius 2 is 2.25 bits per heavy atom. The van der Waals surface area contributed by atoms with E-state index in [1.807, 2.05) is 18.2 Å². The fourth-order valence-corrected chi connectivity index (χ4v) is 3.01. The molecule has 1 saturated carbocycles. The summed E-state index contributed by atoms with van der Waals surface area (Å²) in [4.78, 5) is 4.36. The van der Waals surface area contributed by atoms with Gasteiger partial charge in [-0.2, -0.15) is 0 Å². The predicted octanol–water partition coefficient (Wildman–Crippen LogP) is 3.56. The number of hydrogen-bond donors (Lipinski definition) is 2. The summed E-state index contributed by atoms with van der Waals surface area (Å²) in [7, 11) is 1.78. The molecule has 1 aromatic carbocycles. The number of nitrogen functional groups attached to an aromatic ring is 1. The molecule has 106 valence electrons. The second-order valence-corrected chi connectivity index (χ2v) is 6.26. The number of fused-ring (bicyclic) bond motifs is 1. The third-order valence-corrected chi connectivity index (χ3v) is 4.64. The summed E-state index contributed by atoms with van der Waals surface area (Å²) in [5.74, 6) is 0. The Morgan fingerprint density at radius 3 is 2.90 bits per heavy atom. The van der Waals surface area contributed by atoms with Crippen LogP contribution in [-0.2, 0) is 4.74 Å². The summed E-state index contributed by atoms with van der Waals surface area (Å²) in [6.45, 7) is 0.777. The van der Waals surface area contributed by atoms with E-state index in [1.54, 1.807) is 13.3 Å². The summed E-state index contributed by atoms with van der Waals surface area (Å²) in [6, 6.07) is 6.01. The molecule has 20 heavy (non-hydrogen) atoms. The van der Waals surface area contributed by atoms with Crippen LogP contribution in [0.15, 0.2) is 28.9 Å². The number of nitrogens with one attached hydrogen (secondary N) is 1. The second kappa shape index (κ2) is 5.22. The molecule has 1 heterocycles. The summed E-state index contributed by atoms with van der Waals surface area (Å²) >= 11 is 3.50. The molecule has 0 unspecified atom stereocenters. The van der Waals surface area contributed by atoms with Crippen LogP contribution >= 0.6 is 15.9 Å². The van der Waals surface area contributed by atoms with Gasteiger partial charge in [-0.3, -0.25) is 4.98 Å². The number of rotatable bonds is 4. The van der Waals surface area contributed by atoms with E-state index >= 15 is 0 Å². The number of methoxy groups -OCH3 is 1. The topological polar surface area (TPSA) is 60.2 Å². The lowest BCUT2D eigenvalue weighted by atomic mass is 9.80. The van der Waals surface area contributed by atoms with E-state index in [2.05, 4.69) is 26.2 Å². The monoisotopic (exact) mass is 335 g/mol. The van der Waals surface area contributed by atoms with Crippen LogP contribution in [-0.4, -0.2) is 24.2 Å². The fraction of sp³-hybridized carbons (Fsp3) is 0.400. The molecular formula is C15H18BrN3O. The Morgan fingerprint density at radius 1 is 1.45 bits per heavy atom. The maximum Gasteiger partial charge on any atom is 0.0850 e. The van der Waals surface area contributed by atoms with Crippen molar-refractivity contribution < 1.29 is 4.74 Å². The minimum Gasteiger partial charge on any atom is -0.396 e. The predicted molar refractivity (Wildman–Crippen MR) is 85.9 cm³/mol. The molecule has 0 spiro atoms. The smallest absolute Gasteiger partial charge is 0.0850 e. The number of ether oxygens (including phenoxy) is 1. The van der Waals surface area contributed by atoms with Crippen LogP contribution in [0.2, 0.25) is 0 Å². The number of hydrogen-bond acceptors (Lipinski definition) is 4. The van der Waals surface area contributed by atoms with Gasteiger partial charge in [-0.05, 0) is 37.5 Å². The molecule has 0 bridgehead atoms. The average molecular weight is 336 g/mol. The van der Waals surface area contributed by atoms with E-state index in [0.717, 1.165) is 40.4 Å². The van der Waals surface area contributed by atoms with Gasteiger partial charge in [0.1, 0.15) is 0 Å². The quantitative estimate of drug-likeness (QED) is 0.896. The fourth-order valence-electron chi connectivity index (χ4n) is 2.65. The molecule has 3 N–H and O–H groups in total. The highest BCUT2D eigenvalue weighted by atomic mass is 79.9. The molecule has 0 atom stereocenters. The van der Waals surface area contributed by atoms with Crippen LogP contribution in [0.3, 0.4) is 0 Å². The zero-order chi connectivity index (χ0) is 14.2. The van der Waals surface area contributed by atoms with Crippen LogP contribution in [0.25, 0.3) is 10.9 Å². The Labute approximate surface area is 126 Å². The lowest BCUT2D eigenvalue weighted by molar-refractivity contribution is -0.0600. The number of aromatic nitrogens is 1. The summed E-state index contributed by atoms with van der Waals surface area (Å²) in [5.41, 5.74) is 8.60. The number of nitrogens with two attached hydrogens (primary N) is 1. The van der Waals surface area contributed by atoms with Gasteiger partial charge in [0.05, 0.1) is 28.7 Å². The number of nitrogens with zero attached hydrogens (tertiary/aromatic N) is 1. The van der Waals surface area contributed by atoms with Crippen molar-refractivity contribution in [3.05, 3.63) is 28.9 Å². The van der Waals surface area contributed by atoms with Crippen molar-refractivity contribution in [3.8, 4) is 0 Å². The second-order valence-electron chi connectivity index (χ2n) is 5.34. The number of benzene rings is 1. The van der Waals surface area contributed by atoms with Gasteiger partial charge in [0.15, 0.2) is 0 Å². The standard InChI is InChI=1S/C15H18BrN3O/c1-20-15(5-2-6-15)9-19-14-11-7-10(16)3-4-13(11)18-8-12(14)17/h3-4,7-8H,2,5-6,9,17H2,1H3,(H,18,19). The van der Waals surface area contributed by atoms with Crippen molar-refractivity contribution in [1.29, 1.82) is 0 Å². The maximum atomic E-state index is 6.09. The zero-order valence-corrected chi connectivity index (χ0v) is 13.0. The van der Waals surface area contributed by atoms with Gasteiger partial charge < -0.3 is 15.8 Å². The third-order valence-electron chi connectivity index (χ3n) is 4.14. The first-order valence-electron chi connectivity index (χ1n) is 6.76. The summed E-state index contributed by atoms with van der Waals surface area (Å²) in [5, 5.41) is 4.50. The molecule has 5 heteroatoms. The van der Waals surface area contributed by atoms with Crippen molar-refractivity contribution in [3.63, 3.8) is 0 Å². The summed E-state index contributed by atoms with van der Waals surface area (Å²) < 4.78 is 6.66. The van der Waals surface area contributed by atoms with Gasteiger partial charge in [0.2, 0.25) is 0 Å². The highest BCUT2D eigenvalue weighted by molar-refractivity contribution is 9.10. The first-order valence-corrected chi connectivity index (χ1v) is 7.56. The number of anilines is 2. The average Bonchev–Trinajstić information content (AvgIpc) is 2.40. The van der Waals surface area contributed by atoms with Crippen LogP contribution in [0.1, 0.15) is 19.3 Å². The molecule has 1 aliphatic rings. The zero-order valence-electron chi connectivity index (χ0n) is 11.4. The van der Waals surface area contributed by atoms with Gasteiger partial charge in [0, 0.05) is 23.5 Å². The first-order chi connectivity index (χ1) is 9.63. The van der Waals surface area contributed by atoms with E-state index in [4.69, 9.17) is 10.5 Å². The molecular weight excluding hydrogens is 318 g/mol. The minimum atomic E-state index is -0.0337. The maximum absolute atomic E-state index is 6.09. The Kier molecular flexibility index (Phi) is 3.56. The molecule has 1 aliphatic carbocycles. The SMILES string of the molecule is COC1(CNc2c(N)cnc3ccc(Br)cc23)CCC1. The molecule has 0 amide bonds. The molecule has 0 radical (unpaired) electrons.